The summed E-state index contributed by atoms with van der Waals surface area (Å²) in [7, 11) is 2.10. The first kappa shape index (κ1) is 31.2. The maximum absolute atomic E-state index is 13.6. The molecule has 0 unspecified atom stereocenters. The molecule has 1 aliphatic heterocycles. The Morgan fingerprint density at radius 2 is 1.86 bits per heavy atom. The summed E-state index contributed by atoms with van der Waals surface area (Å²) >= 11 is 20.3. The number of pyridine rings is 1. The smallest absolute Gasteiger partial charge is 0.267 e. The van der Waals surface area contributed by atoms with Crippen molar-refractivity contribution in [2.24, 2.45) is 0 Å². The fourth-order valence-corrected chi connectivity index (χ4v) is 6.11. The minimum absolute atomic E-state index is 0.104. The van der Waals surface area contributed by atoms with Crippen LogP contribution in [0.15, 0.2) is 54.6 Å². The Balaban J connectivity index is 1.37. The number of piperazine rings is 1. The third-order valence-electron chi connectivity index (χ3n) is 6.89. The standard InChI is InChI=1S/C29H30Cl3N7O3S/c1-37-8-10-38(11-9-37)16-19-17-43-27(25(19)32)29(41)36-26-22(28(40)35-24-4-3-20(30)15-34-24)13-21(31)14-23(26)42-12-2-6-39-7-5-33-18-39/h3-5,7,13-15,17-18H,2,6,8-12,16H2,1H3,(H,36,41)(H,34,35,40). The second kappa shape index (κ2) is 14.5. The van der Waals surface area contributed by atoms with E-state index in [9.17, 15) is 9.59 Å². The number of thiophene rings is 1. The molecule has 0 bridgehead atoms. The average Bonchev–Trinajstić information content (AvgIpc) is 3.64. The number of halogens is 3. The Morgan fingerprint density at radius 1 is 1.05 bits per heavy atom. The number of anilines is 2. The summed E-state index contributed by atoms with van der Waals surface area (Å²) in [6.45, 7) is 5.45. The van der Waals surface area contributed by atoms with Gasteiger partial charge in [-0.1, -0.05) is 34.8 Å². The number of benzene rings is 1. The van der Waals surface area contributed by atoms with Crippen LogP contribution in [0.2, 0.25) is 15.1 Å². The van der Waals surface area contributed by atoms with Crippen LogP contribution >= 0.6 is 46.1 Å². The van der Waals surface area contributed by atoms with Crippen molar-refractivity contribution >= 4 is 69.5 Å². The van der Waals surface area contributed by atoms with Crippen molar-refractivity contribution in [3.05, 3.63) is 85.6 Å². The third kappa shape index (κ3) is 8.26. The van der Waals surface area contributed by atoms with Gasteiger partial charge in [-0.05, 0) is 42.6 Å². The molecule has 1 fully saturated rings. The van der Waals surface area contributed by atoms with Crippen LogP contribution in [0, 0.1) is 0 Å². The van der Waals surface area contributed by atoms with Crippen LogP contribution in [-0.4, -0.2) is 76.0 Å². The number of nitrogens with zero attached hydrogens (tertiary/aromatic N) is 5. The summed E-state index contributed by atoms with van der Waals surface area (Å²) in [4.78, 5) is 40.2. The Morgan fingerprint density at radius 3 is 2.58 bits per heavy atom. The first-order valence-corrected chi connectivity index (χ1v) is 15.6. The van der Waals surface area contributed by atoms with E-state index in [2.05, 4.69) is 37.4 Å². The summed E-state index contributed by atoms with van der Waals surface area (Å²) in [5.41, 5.74) is 1.17. The lowest BCUT2D eigenvalue weighted by Crippen LogP contribution is -2.43. The summed E-state index contributed by atoms with van der Waals surface area (Å²) < 4.78 is 8.00. The molecule has 43 heavy (non-hydrogen) atoms. The van der Waals surface area contributed by atoms with Crippen LogP contribution in [0.4, 0.5) is 11.5 Å². The zero-order valence-corrected chi connectivity index (χ0v) is 26.4. The van der Waals surface area contributed by atoms with Crippen LogP contribution in [0.25, 0.3) is 0 Å². The number of nitrogens with one attached hydrogen (secondary N) is 2. The lowest BCUT2D eigenvalue weighted by molar-refractivity contribution is 0.102. The van der Waals surface area contributed by atoms with Crippen LogP contribution in [0.3, 0.4) is 0 Å². The Kier molecular flexibility index (Phi) is 10.6. The van der Waals surface area contributed by atoms with Crippen molar-refractivity contribution in [3.8, 4) is 5.75 Å². The molecule has 0 spiro atoms. The number of hydrogen-bond acceptors (Lipinski definition) is 8. The molecule has 14 heteroatoms. The number of likely N-dealkylation sites (N-methyl/N-ethyl adjacent to an activating group) is 1. The maximum atomic E-state index is 13.6. The van der Waals surface area contributed by atoms with E-state index in [1.165, 1.54) is 23.6 Å². The van der Waals surface area contributed by atoms with Crippen molar-refractivity contribution in [1.29, 1.82) is 0 Å². The van der Waals surface area contributed by atoms with E-state index in [0.717, 1.165) is 31.7 Å². The molecule has 4 heterocycles. The molecule has 0 saturated carbocycles. The first-order chi connectivity index (χ1) is 20.8. The van der Waals surface area contributed by atoms with Gasteiger partial charge < -0.3 is 24.8 Å². The first-order valence-electron chi connectivity index (χ1n) is 13.6. The fraction of sp³-hybridized carbons (Fsp3) is 0.310. The molecule has 226 valence electrons. The minimum Gasteiger partial charge on any atom is -0.491 e. The summed E-state index contributed by atoms with van der Waals surface area (Å²) in [5.74, 6) is -0.455. The number of carbonyl (C=O) groups is 2. The van der Waals surface area contributed by atoms with Gasteiger partial charge in [0, 0.05) is 68.9 Å². The summed E-state index contributed by atoms with van der Waals surface area (Å²) in [5, 5.41) is 8.61. The van der Waals surface area contributed by atoms with E-state index < -0.39 is 11.8 Å². The quantitative estimate of drug-likeness (QED) is 0.189. The van der Waals surface area contributed by atoms with E-state index in [1.54, 1.807) is 30.7 Å². The number of aromatic nitrogens is 3. The molecule has 2 N–H and O–H groups in total. The second-order valence-corrected chi connectivity index (χ2v) is 12.2. The molecule has 5 rings (SSSR count). The topological polar surface area (TPSA) is 105 Å². The summed E-state index contributed by atoms with van der Waals surface area (Å²) in [6, 6.07) is 6.22. The van der Waals surface area contributed by atoms with Crippen LogP contribution < -0.4 is 15.4 Å². The van der Waals surface area contributed by atoms with Crippen molar-refractivity contribution < 1.29 is 14.3 Å². The number of aryl methyl sites for hydroxylation is 1. The highest BCUT2D eigenvalue weighted by molar-refractivity contribution is 7.13. The highest BCUT2D eigenvalue weighted by Crippen LogP contribution is 2.36. The zero-order chi connectivity index (χ0) is 30.3. The van der Waals surface area contributed by atoms with E-state index in [0.29, 0.717) is 41.0 Å². The van der Waals surface area contributed by atoms with Crippen molar-refractivity contribution in [1.82, 2.24) is 24.3 Å². The Bertz CT molecular complexity index is 1560. The number of rotatable bonds is 11. The van der Waals surface area contributed by atoms with Gasteiger partial charge in [0.1, 0.15) is 16.4 Å². The van der Waals surface area contributed by atoms with Crippen LogP contribution in [-0.2, 0) is 13.1 Å². The highest BCUT2D eigenvalue weighted by atomic mass is 35.5. The van der Waals surface area contributed by atoms with Crippen molar-refractivity contribution in [2.75, 3.05) is 50.5 Å². The lowest BCUT2D eigenvalue weighted by atomic mass is 10.1. The average molecular weight is 663 g/mol. The predicted molar refractivity (Wildman–Crippen MR) is 171 cm³/mol. The molecule has 0 radical (unpaired) electrons. The van der Waals surface area contributed by atoms with Gasteiger partial charge in [-0.2, -0.15) is 0 Å². The normalized spacial score (nSPS) is 14.0. The van der Waals surface area contributed by atoms with Gasteiger partial charge in [-0.15, -0.1) is 11.3 Å². The van der Waals surface area contributed by atoms with E-state index in [1.807, 2.05) is 16.1 Å². The molecule has 1 saturated heterocycles. The molecule has 0 atom stereocenters. The van der Waals surface area contributed by atoms with E-state index in [4.69, 9.17) is 39.5 Å². The fourth-order valence-electron chi connectivity index (χ4n) is 4.54. The molecule has 0 aliphatic carbocycles. The molecule has 1 aliphatic rings. The number of amides is 2. The van der Waals surface area contributed by atoms with Gasteiger partial charge in [0.15, 0.2) is 0 Å². The molecular weight excluding hydrogens is 633 g/mol. The highest BCUT2D eigenvalue weighted by Gasteiger charge is 2.25. The van der Waals surface area contributed by atoms with Gasteiger partial charge >= 0.3 is 0 Å². The second-order valence-electron chi connectivity index (χ2n) is 10.1. The van der Waals surface area contributed by atoms with Gasteiger partial charge in [0.05, 0.1) is 34.2 Å². The number of carbonyl (C=O) groups excluding carboxylic acids is 2. The van der Waals surface area contributed by atoms with Crippen LogP contribution in [0.1, 0.15) is 32.0 Å². The molecule has 10 nitrogen and oxygen atoms in total. The molecule has 3 aromatic heterocycles. The van der Waals surface area contributed by atoms with Gasteiger partial charge in [0.25, 0.3) is 11.8 Å². The Hall–Kier alpha value is -3.19. The number of ether oxygens (including phenoxy) is 1. The molecule has 2 amide bonds. The largest absolute Gasteiger partial charge is 0.491 e. The van der Waals surface area contributed by atoms with Gasteiger partial charge in [0.2, 0.25) is 0 Å². The SMILES string of the molecule is CN1CCN(Cc2csc(C(=O)Nc3c(OCCCn4ccnc4)cc(Cl)cc3C(=O)Nc3ccc(Cl)cn3)c2Cl)CC1. The van der Waals surface area contributed by atoms with Crippen LogP contribution in [0.5, 0.6) is 5.75 Å². The maximum Gasteiger partial charge on any atom is 0.267 e. The minimum atomic E-state index is -0.538. The predicted octanol–water partition coefficient (Wildman–Crippen LogP) is 6.02. The number of imidazole rings is 1. The zero-order valence-electron chi connectivity index (χ0n) is 23.4. The van der Waals surface area contributed by atoms with Gasteiger partial charge in [-0.3, -0.25) is 14.5 Å². The Labute approximate surface area is 268 Å². The monoisotopic (exact) mass is 661 g/mol. The van der Waals surface area contributed by atoms with E-state index in [-0.39, 0.29) is 27.8 Å². The molecule has 4 aromatic rings. The van der Waals surface area contributed by atoms with Crippen molar-refractivity contribution in [2.45, 2.75) is 19.5 Å². The summed E-state index contributed by atoms with van der Waals surface area (Å²) in [6.07, 6.45) is 7.37. The lowest BCUT2D eigenvalue weighted by Gasteiger charge is -2.32. The molecular formula is C29H30Cl3N7O3S. The third-order valence-corrected chi connectivity index (χ3v) is 8.91. The van der Waals surface area contributed by atoms with E-state index >= 15 is 0 Å². The van der Waals surface area contributed by atoms with Gasteiger partial charge in [-0.25, -0.2) is 9.97 Å². The molecule has 1 aromatic carbocycles. The van der Waals surface area contributed by atoms with Crippen molar-refractivity contribution in [3.63, 3.8) is 0 Å². The number of hydrogen-bond donors (Lipinski definition) is 2.